The van der Waals surface area contributed by atoms with Crippen LogP contribution in [-0.4, -0.2) is 20.5 Å². The SMILES string of the molecule is COc1ccc(CCC(C)C=O)c(OC)c1. The van der Waals surface area contributed by atoms with Gasteiger partial charge in [0, 0.05) is 12.0 Å². The Balaban J connectivity index is 2.75. The average molecular weight is 222 g/mol. The topological polar surface area (TPSA) is 35.5 Å². The summed E-state index contributed by atoms with van der Waals surface area (Å²) in [6, 6.07) is 5.75. The first-order valence-electron chi connectivity index (χ1n) is 5.37. The summed E-state index contributed by atoms with van der Waals surface area (Å²) in [6.07, 6.45) is 2.66. The third-order valence-corrected chi connectivity index (χ3v) is 2.60. The number of carbonyl (C=O) groups is 1. The highest BCUT2D eigenvalue weighted by Gasteiger charge is 2.07. The van der Waals surface area contributed by atoms with Gasteiger partial charge in [0.2, 0.25) is 0 Å². The number of aldehydes is 1. The number of benzene rings is 1. The van der Waals surface area contributed by atoms with Crippen LogP contribution in [0.5, 0.6) is 11.5 Å². The lowest BCUT2D eigenvalue weighted by atomic mass is 10.0. The summed E-state index contributed by atoms with van der Waals surface area (Å²) in [4.78, 5) is 10.5. The lowest BCUT2D eigenvalue weighted by Crippen LogP contribution is -2.00. The van der Waals surface area contributed by atoms with Crippen LogP contribution < -0.4 is 9.47 Å². The molecule has 3 heteroatoms. The van der Waals surface area contributed by atoms with E-state index < -0.39 is 0 Å². The van der Waals surface area contributed by atoms with Crippen molar-refractivity contribution in [1.29, 1.82) is 0 Å². The third kappa shape index (κ3) is 3.26. The molecule has 88 valence electrons. The van der Waals surface area contributed by atoms with E-state index in [1.807, 2.05) is 25.1 Å². The Kier molecular flexibility index (Phi) is 4.83. The Morgan fingerprint density at radius 3 is 2.62 bits per heavy atom. The van der Waals surface area contributed by atoms with E-state index in [1.54, 1.807) is 14.2 Å². The second-order valence-corrected chi connectivity index (χ2v) is 3.83. The highest BCUT2D eigenvalue weighted by atomic mass is 16.5. The number of methoxy groups -OCH3 is 2. The van der Waals surface area contributed by atoms with Gasteiger partial charge in [0.15, 0.2) is 0 Å². The largest absolute Gasteiger partial charge is 0.497 e. The van der Waals surface area contributed by atoms with Gasteiger partial charge in [0.25, 0.3) is 0 Å². The molecule has 16 heavy (non-hydrogen) atoms. The van der Waals surface area contributed by atoms with Crippen molar-refractivity contribution in [2.45, 2.75) is 19.8 Å². The van der Waals surface area contributed by atoms with Crippen molar-refractivity contribution < 1.29 is 14.3 Å². The van der Waals surface area contributed by atoms with E-state index in [2.05, 4.69) is 0 Å². The number of ether oxygens (including phenoxy) is 2. The van der Waals surface area contributed by atoms with Gasteiger partial charge in [-0.3, -0.25) is 0 Å². The number of hydrogen-bond acceptors (Lipinski definition) is 3. The standard InChI is InChI=1S/C13H18O3/c1-10(9-14)4-5-11-6-7-12(15-2)8-13(11)16-3/h6-10H,4-5H2,1-3H3. The molecule has 1 aromatic carbocycles. The molecule has 0 amide bonds. The van der Waals surface area contributed by atoms with E-state index in [4.69, 9.17) is 9.47 Å². The molecule has 0 heterocycles. The van der Waals surface area contributed by atoms with Crippen molar-refractivity contribution in [3.8, 4) is 11.5 Å². The van der Waals surface area contributed by atoms with Gasteiger partial charge >= 0.3 is 0 Å². The zero-order chi connectivity index (χ0) is 12.0. The van der Waals surface area contributed by atoms with Crippen LogP contribution >= 0.6 is 0 Å². The first-order valence-corrected chi connectivity index (χ1v) is 5.37. The van der Waals surface area contributed by atoms with E-state index in [-0.39, 0.29) is 5.92 Å². The average Bonchev–Trinajstić information content (AvgIpc) is 2.35. The van der Waals surface area contributed by atoms with Crippen molar-refractivity contribution in [2.24, 2.45) is 5.92 Å². The number of rotatable bonds is 6. The summed E-state index contributed by atoms with van der Waals surface area (Å²) in [5.41, 5.74) is 1.11. The Morgan fingerprint density at radius 1 is 1.31 bits per heavy atom. The Morgan fingerprint density at radius 2 is 2.06 bits per heavy atom. The molecule has 0 bridgehead atoms. The first-order chi connectivity index (χ1) is 7.71. The van der Waals surface area contributed by atoms with Gasteiger partial charge in [0.1, 0.15) is 17.8 Å². The molecule has 1 rings (SSSR count). The normalized spacial score (nSPS) is 11.9. The van der Waals surface area contributed by atoms with Crippen LogP contribution in [0.1, 0.15) is 18.9 Å². The van der Waals surface area contributed by atoms with Gasteiger partial charge < -0.3 is 14.3 Å². The highest BCUT2D eigenvalue weighted by molar-refractivity contribution is 5.52. The Hall–Kier alpha value is -1.51. The molecule has 0 N–H and O–H groups in total. The molecule has 0 aliphatic heterocycles. The fourth-order valence-corrected chi connectivity index (χ4v) is 1.51. The minimum Gasteiger partial charge on any atom is -0.497 e. The van der Waals surface area contributed by atoms with Crippen molar-refractivity contribution in [3.63, 3.8) is 0 Å². The van der Waals surface area contributed by atoms with Gasteiger partial charge in [-0.1, -0.05) is 13.0 Å². The minimum absolute atomic E-state index is 0.0896. The molecule has 0 aromatic heterocycles. The minimum atomic E-state index is 0.0896. The van der Waals surface area contributed by atoms with Crippen molar-refractivity contribution in [3.05, 3.63) is 23.8 Å². The Bertz CT molecular complexity index is 347. The van der Waals surface area contributed by atoms with Crippen molar-refractivity contribution in [2.75, 3.05) is 14.2 Å². The molecule has 1 atom stereocenters. The molecule has 0 saturated carbocycles. The molecule has 1 aromatic rings. The van der Waals surface area contributed by atoms with E-state index in [1.165, 1.54) is 0 Å². The molecule has 3 nitrogen and oxygen atoms in total. The summed E-state index contributed by atoms with van der Waals surface area (Å²) < 4.78 is 10.4. The van der Waals surface area contributed by atoms with E-state index in [9.17, 15) is 4.79 Å². The predicted octanol–water partition coefficient (Wildman–Crippen LogP) is 2.47. The molecule has 1 unspecified atom stereocenters. The van der Waals surface area contributed by atoms with Crippen LogP contribution in [0, 0.1) is 5.92 Å². The van der Waals surface area contributed by atoms with Crippen LogP contribution in [0.2, 0.25) is 0 Å². The maximum absolute atomic E-state index is 10.5. The van der Waals surface area contributed by atoms with Crippen molar-refractivity contribution in [1.82, 2.24) is 0 Å². The molecule has 0 aliphatic carbocycles. The monoisotopic (exact) mass is 222 g/mol. The second kappa shape index (κ2) is 6.16. The van der Waals surface area contributed by atoms with E-state index >= 15 is 0 Å². The number of aryl methyl sites for hydroxylation is 1. The molecular weight excluding hydrogens is 204 g/mol. The van der Waals surface area contributed by atoms with Gasteiger partial charge in [0.05, 0.1) is 14.2 Å². The molecule has 0 spiro atoms. The molecular formula is C13H18O3. The van der Waals surface area contributed by atoms with E-state index in [0.717, 1.165) is 36.2 Å². The fraction of sp³-hybridized carbons (Fsp3) is 0.462. The maximum Gasteiger partial charge on any atom is 0.125 e. The van der Waals surface area contributed by atoms with Crippen LogP contribution in [-0.2, 0) is 11.2 Å². The molecule has 0 radical (unpaired) electrons. The van der Waals surface area contributed by atoms with Crippen molar-refractivity contribution >= 4 is 6.29 Å². The summed E-state index contributed by atoms with van der Waals surface area (Å²) in [7, 11) is 3.27. The lowest BCUT2D eigenvalue weighted by Gasteiger charge is -2.11. The van der Waals surface area contributed by atoms with Gasteiger partial charge in [-0.2, -0.15) is 0 Å². The zero-order valence-electron chi connectivity index (χ0n) is 10.0. The Labute approximate surface area is 96.4 Å². The summed E-state index contributed by atoms with van der Waals surface area (Å²) >= 11 is 0. The molecule has 0 fully saturated rings. The summed E-state index contributed by atoms with van der Waals surface area (Å²) in [6.45, 7) is 1.92. The predicted molar refractivity (Wildman–Crippen MR) is 63.1 cm³/mol. The lowest BCUT2D eigenvalue weighted by molar-refractivity contribution is -0.110. The fourth-order valence-electron chi connectivity index (χ4n) is 1.51. The third-order valence-electron chi connectivity index (χ3n) is 2.60. The van der Waals surface area contributed by atoms with Crippen LogP contribution in [0.3, 0.4) is 0 Å². The second-order valence-electron chi connectivity index (χ2n) is 3.83. The van der Waals surface area contributed by atoms with Gasteiger partial charge in [-0.15, -0.1) is 0 Å². The van der Waals surface area contributed by atoms with Crippen LogP contribution in [0.25, 0.3) is 0 Å². The number of carbonyl (C=O) groups excluding carboxylic acids is 1. The van der Waals surface area contributed by atoms with Crippen LogP contribution in [0.4, 0.5) is 0 Å². The maximum atomic E-state index is 10.5. The van der Waals surface area contributed by atoms with E-state index in [0.29, 0.717) is 0 Å². The zero-order valence-corrected chi connectivity index (χ0v) is 10.0. The number of hydrogen-bond donors (Lipinski definition) is 0. The molecule has 0 aliphatic rings. The first kappa shape index (κ1) is 12.6. The quantitative estimate of drug-likeness (QED) is 0.694. The molecule has 0 saturated heterocycles. The highest BCUT2D eigenvalue weighted by Crippen LogP contribution is 2.26. The smallest absolute Gasteiger partial charge is 0.125 e. The van der Waals surface area contributed by atoms with Gasteiger partial charge in [-0.05, 0) is 24.5 Å². The summed E-state index contributed by atoms with van der Waals surface area (Å²) in [5, 5.41) is 0. The summed E-state index contributed by atoms with van der Waals surface area (Å²) in [5.74, 6) is 1.69. The van der Waals surface area contributed by atoms with Gasteiger partial charge in [-0.25, -0.2) is 0 Å². The van der Waals surface area contributed by atoms with Crippen LogP contribution in [0.15, 0.2) is 18.2 Å².